The lowest BCUT2D eigenvalue weighted by atomic mass is 10.1. The second-order valence-corrected chi connectivity index (χ2v) is 7.09. The van der Waals surface area contributed by atoms with Crippen LogP contribution in [-0.4, -0.2) is 25.0 Å². The molecule has 1 nitrogen and oxygen atoms in total. The van der Waals surface area contributed by atoms with E-state index in [1.807, 2.05) is 0 Å². The highest BCUT2D eigenvalue weighted by Gasteiger charge is 1.97. The Kier molecular flexibility index (Phi) is 17.4. The van der Waals surface area contributed by atoms with Crippen molar-refractivity contribution in [3.8, 4) is 0 Å². The Morgan fingerprint density at radius 3 is 1.92 bits per heavy atom. The van der Waals surface area contributed by atoms with Gasteiger partial charge in [-0.05, 0) is 32.0 Å². The molecular weight excluding hydrogens is 326 g/mol. The molecule has 1 aromatic rings. The van der Waals surface area contributed by atoms with Crippen molar-refractivity contribution in [3.05, 3.63) is 42.0 Å². The molecule has 0 aliphatic carbocycles. The van der Waals surface area contributed by atoms with Gasteiger partial charge in [0.15, 0.2) is 0 Å². The third-order valence-electron chi connectivity index (χ3n) is 4.68. The minimum atomic E-state index is 0. The van der Waals surface area contributed by atoms with Crippen molar-refractivity contribution in [2.45, 2.75) is 77.6 Å². The second-order valence-electron chi connectivity index (χ2n) is 7.09. The summed E-state index contributed by atoms with van der Waals surface area (Å²) in [5.74, 6) is 0. The summed E-state index contributed by atoms with van der Waals surface area (Å²) in [5.41, 5.74) is 1.30. The van der Waals surface area contributed by atoms with E-state index in [1.54, 1.807) is 0 Å². The zero-order valence-electron chi connectivity index (χ0n) is 16.6. The lowest BCUT2D eigenvalue weighted by Crippen LogP contribution is -2.20. The van der Waals surface area contributed by atoms with E-state index in [9.17, 15) is 0 Å². The fourth-order valence-corrected chi connectivity index (χ4v) is 3.06. The average molecular weight is 366 g/mol. The van der Waals surface area contributed by atoms with Gasteiger partial charge < -0.3 is 4.90 Å². The molecule has 0 aliphatic heterocycles. The Labute approximate surface area is 163 Å². The average Bonchev–Trinajstić information content (AvgIpc) is 2.61. The Morgan fingerprint density at radius 1 is 0.760 bits per heavy atom. The van der Waals surface area contributed by atoms with Gasteiger partial charge in [0.25, 0.3) is 0 Å². The van der Waals surface area contributed by atoms with Crippen molar-refractivity contribution in [1.82, 2.24) is 4.90 Å². The Hall–Kier alpha value is -0.790. The van der Waals surface area contributed by atoms with E-state index in [0.29, 0.717) is 0 Å². The maximum Gasteiger partial charge on any atom is 0.00130 e. The summed E-state index contributed by atoms with van der Waals surface area (Å²) < 4.78 is 0. The molecule has 0 N–H and O–H groups in total. The Bertz CT molecular complexity index is 402. The van der Waals surface area contributed by atoms with Gasteiger partial charge >= 0.3 is 0 Å². The molecule has 1 aromatic carbocycles. The fourth-order valence-electron chi connectivity index (χ4n) is 3.06. The molecule has 1 rings (SSSR count). The molecular formula is C23H40ClN. The summed E-state index contributed by atoms with van der Waals surface area (Å²) in [4.78, 5) is 2.47. The summed E-state index contributed by atoms with van der Waals surface area (Å²) in [6.45, 7) is 4.70. The lowest BCUT2D eigenvalue weighted by molar-refractivity contribution is 0.329. The van der Waals surface area contributed by atoms with Gasteiger partial charge in [-0.1, -0.05) is 107 Å². The molecule has 2 heteroatoms. The van der Waals surface area contributed by atoms with Crippen LogP contribution in [0.1, 0.15) is 83.1 Å². The van der Waals surface area contributed by atoms with Crippen molar-refractivity contribution in [2.75, 3.05) is 20.1 Å². The molecule has 0 atom stereocenters. The molecule has 0 unspecified atom stereocenters. The van der Waals surface area contributed by atoms with Crippen LogP contribution in [0.25, 0.3) is 6.08 Å². The van der Waals surface area contributed by atoms with E-state index in [1.165, 1.54) is 82.9 Å². The maximum absolute atomic E-state index is 2.47. The third kappa shape index (κ3) is 15.2. The van der Waals surface area contributed by atoms with Gasteiger partial charge in [0, 0.05) is 6.54 Å². The van der Waals surface area contributed by atoms with Gasteiger partial charge in [-0.2, -0.15) is 0 Å². The van der Waals surface area contributed by atoms with Crippen molar-refractivity contribution < 1.29 is 0 Å². The molecule has 0 spiro atoms. The minimum absolute atomic E-state index is 0. The summed E-state index contributed by atoms with van der Waals surface area (Å²) >= 11 is 0. The summed E-state index contributed by atoms with van der Waals surface area (Å²) in [6, 6.07) is 10.6. The van der Waals surface area contributed by atoms with Crippen LogP contribution in [-0.2, 0) is 0 Å². The van der Waals surface area contributed by atoms with Crippen LogP contribution in [0.2, 0.25) is 0 Å². The van der Waals surface area contributed by atoms with Crippen LogP contribution in [0, 0.1) is 0 Å². The molecule has 144 valence electrons. The van der Waals surface area contributed by atoms with Crippen molar-refractivity contribution in [2.24, 2.45) is 0 Å². The van der Waals surface area contributed by atoms with E-state index >= 15 is 0 Å². The van der Waals surface area contributed by atoms with Crippen molar-refractivity contribution in [3.63, 3.8) is 0 Å². The highest BCUT2D eigenvalue weighted by Crippen LogP contribution is 2.10. The van der Waals surface area contributed by atoms with Crippen LogP contribution in [0.4, 0.5) is 0 Å². The normalized spacial score (nSPS) is 11.2. The predicted molar refractivity (Wildman–Crippen MR) is 117 cm³/mol. The molecule has 25 heavy (non-hydrogen) atoms. The van der Waals surface area contributed by atoms with Crippen LogP contribution < -0.4 is 0 Å². The molecule has 0 saturated heterocycles. The van der Waals surface area contributed by atoms with E-state index in [2.05, 4.69) is 61.4 Å². The molecule has 0 aliphatic rings. The highest BCUT2D eigenvalue weighted by molar-refractivity contribution is 5.85. The van der Waals surface area contributed by atoms with E-state index < -0.39 is 0 Å². The topological polar surface area (TPSA) is 3.24 Å². The molecule has 0 saturated carbocycles. The number of hydrogen-bond acceptors (Lipinski definition) is 1. The zero-order valence-corrected chi connectivity index (χ0v) is 17.4. The third-order valence-corrected chi connectivity index (χ3v) is 4.68. The highest BCUT2D eigenvalue weighted by atomic mass is 35.5. The monoisotopic (exact) mass is 365 g/mol. The van der Waals surface area contributed by atoms with Crippen molar-refractivity contribution >= 4 is 18.5 Å². The van der Waals surface area contributed by atoms with E-state index in [4.69, 9.17) is 0 Å². The molecule has 0 bridgehead atoms. The van der Waals surface area contributed by atoms with Crippen molar-refractivity contribution in [1.29, 1.82) is 0 Å². The van der Waals surface area contributed by atoms with Crippen LogP contribution >= 0.6 is 12.4 Å². The molecule has 0 fully saturated rings. The Balaban J connectivity index is 0.00000576. The van der Waals surface area contributed by atoms with Crippen LogP contribution in [0.3, 0.4) is 0 Å². The summed E-state index contributed by atoms with van der Waals surface area (Å²) in [6.07, 6.45) is 19.9. The summed E-state index contributed by atoms with van der Waals surface area (Å²) in [7, 11) is 2.25. The molecule has 0 amide bonds. The number of benzene rings is 1. The maximum atomic E-state index is 2.47. The zero-order chi connectivity index (χ0) is 17.3. The quantitative estimate of drug-likeness (QED) is 0.293. The first-order valence-electron chi connectivity index (χ1n) is 10.2. The van der Waals surface area contributed by atoms with Crippen LogP contribution in [0.5, 0.6) is 0 Å². The van der Waals surface area contributed by atoms with Gasteiger partial charge in [-0.25, -0.2) is 0 Å². The first-order valence-corrected chi connectivity index (χ1v) is 10.2. The largest absolute Gasteiger partial charge is 0.306 e. The smallest absolute Gasteiger partial charge is 0.00130 e. The SMILES string of the molecule is CCCCCCCCCCCCN(C)CCC=Cc1ccccc1.Cl. The summed E-state index contributed by atoms with van der Waals surface area (Å²) in [5, 5.41) is 0. The molecule has 0 radical (unpaired) electrons. The number of halogens is 1. The standard InChI is InChI=1S/C23H39N.ClH/c1-3-4-5-6-7-8-9-10-11-16-21-24(2)22-17-15-20-23-18-13-12-14-19-23;/h12-15,18-20H,3-11,16-17,21-22H2,1-2H3;1H. The Morgan fingerprint density at radius 2 is 1.32 bits per heavy atom. The second kappa shape index (κ2) is 18.0. The first kappa shape index (κ1) is 24.2. The molecule has 0 aromatic heterocycles. The van der Waals surface area contributed by atoms with Gasteiger partial charge in [0.1, 0.15) is 0 Å². The first-order chi connectivity index (χ1) is 11.8. The van der Waals surface area contributed by atoms with Gasteiger partial charge in [0.05, 0.1) is 0 Å². The van der Waals surface area contributed by atoms with Gasteiger partial charge in [0.2, 0.25) is 0 Å². The minimum Gasteiger partial charge on any atom is -0.306 e. The van der Waals surface area contributed by atoms with E-state index in [-0.39, 0.29) is 12.4 Å². The lowest BCUT2D eigenvalue weighted by Gasteiger charge is -2.15. The van der Waals surface area contributed by atoms with Gasteiger partial charge in [-0.15, -0.1) is 12.4 Å². The molecule has 0 heterocycles. The number of unbranched alkanes of at least 4 members (excludes halogenated alkanes) is 9. The van der Waals surface area contributed by atoms with Gasteiger partial charge in [-0.3, -0.25) is 0 Å². The van der Waals surface area contributed by atoms with E-state index in [0.717, 1.165) is 6.42 Å². The number of nitrogens with zero attached hydrogens (tertiary/aromatic N) is 1. The fraction of sp³-hybridized carbons (Fsp3) is 0.652. The van der Waals surface area contributed by atoms with Crippen LogP contribution in [0.15, 0.2) is 36.4 Å². The predicted octanol–water partition coefficient (Wildman–Crippen LogP) is 7.36. The number of hydrogen-bond donors (Lipinski definition) is 0. The number of rotatable bonds is 15.